The van der Waals surface area contributed by atoms with Crippen LogP contribution < -0.4 is 5.32 Å². The van der Waals surface area contributed by atoms with Crippen molar-refractivity contribution in [3.63, 3.8) is 0 Å². The maximum atomic E-state index is 8.67. The topological polar surface area (TPSA) is 45.0 Å². The lowest BCUT2D eigenvalue weighted by atomic mass is 10.2. The minimum absolute atomic E-state index is 0.673. The molecule has 0 saturated carbocycles. The third-order valence-corrected chi connectivity index (χ3v) is 1.77. The molecule has 0 unspecified atom stereocenters. The number of rotatable bonds is 5. The van der Waals surface area contributed by atoms with Gasteiger partial charge in [0.25, 0.3) is 0 Å². The van der Waals surface area contributed by atoms with Crippen molar-refractivity contribution in [1.29, 1.82) is 5.26 Å². The predicted octanol–water partition coefficient (Wildman–Crippen LogP) is 2.01. The fraction of sp³-hybridized carbons (Fsp3) is 0.364. The Labute approximate surface area is 84.3 Å². The molecule has 74 valence electrons. The van der Waals surface area contributed by atoms with Crippen LogP contribution in [-0.2, 0) is 4.74 Å². The van der Waals surface area contributed by atoms with Crippen molar-refractivity contribution in [2.45, 2.75) is 6.92 Å². The average Bonchev–Trinajstić information content (AvgIpc) is 2.25. The van der Waals surface area contributed by atoms with Crippen molar-refractivity contribution in [1.82, 2.24) is 0 Å². The van der Waals surface area contributed by atoms with Crippen LogP contribution in [0, 0.1) is 11.3 Å². The first kappa shape index (κ1) is 10.6. The highest BCUT2D eigenvalue weighted by molar-refractivity contribution is 5.48. The molecule has 0 saturated heterocycles. The van der Waals surface area contributed by atoms with Gasteiger partial charge in [-0.25, -0.2) is 0 Å². The third-order valence-electron chi connectivity index (χ3n) is 1.77. The van der Waals surface area contributed by atoms with Crippen LogP contribution in [0.15, 0.2) is 24.3 Å². The zero-order chi connectivity index (χ0) is 10.2. The minimum Gasteiger partial charge on any atom is -0.383 e. The Balaban J connectivity index is 2.39. The zero-order valence-electron chi connectivity index (χ0n) is 8.29. The summed E-state index contributed by atoms with van der Waals surface area (Å²) in [5.41, 5.74) is 1.63. The van der Waals surface area contributed by atoms with E-state index >= 15 is 0 Å². The van der Waals surface area contributed by atoms with E-state index < -0.39 is 0 Å². The normalized spacial score (nSPS) is 9.43. The first-order chi connectivity index (χ1) is 6.86. The van der Waals surface area contributed by atoms with E-state index in [9.17, 15) is 0 Å². The summed E-state index contributed by atoms with van der Waals surface area (Å²) in [5, 5.41) is 11.8. The first-order valence-corrected chi connectivity index (χ1v) is 4.68. The van der Waals surface area contributed by atoms with Crippen LogP contribution in [0.25, 0.3) is 0 Å². The van der Waals surface area contributed by atoms with Crippen LogP contribution in [0.5, 0.6) is 0 Å². The van der Waals surface area contributed by atoms with Crippen LogP contribution in [-0.4, -0.2) is 19.8 Å². The largest absolute Gasteiger partial charge is 0.383 e. The maximum absolute atomic E-state index is 8.67. The summed E-state index contributed by atoms with van der Waals surface area (Å²) in [6.07, 6.45) is 0. The fourth-order valence-corrected chi connectivity index (χ4v) is 1.11. The molecule has 0 aromatic heterocycles. The van der Waals surface area contributed by atoms with Gasteiger partial charge in [0.15, 0.2) is 0 Å². The zero-order valence-corrected chi connectivity index (χ0v) is 8.29. The molecule has 3 heteroatoms. The second-order valence-electron chi connectivity index (χ2n) is 2.82. The molecule has 3 nitrogen and oxygen atoms in total. The molecular formula is C11H14N2O. The van der Waals surface area contributed by atoms with Gasteiger partial charge in [-0.1, -0.05) is 6.07 Å². The SMILES string of the molecule is CCOCCNc1cccc(C#N)c1. The van der Waals surface area contributed by atoms with Crippen molar-refractivity contribution in [3.8, 4) is 6.07 Å². The van der Waals surface area contributed by atoms with E-state index in [1.54, 1.807) is 6.07 Å². The molecule has 1 aromatic rings. The molecule has 14 heavy (non-hydrogen) atoms. The van der Waals surface area contributed by atoms with Crippen molar-refractivity contribution < 1.29 is 4.74 Å². The summed E-state index contributed by atoms with van der Waals surface area (Å²) in [5.74, 6) is 0. The van der Waals surface area contributed by atoms with E-state index in [-0.39, 0.29) is 0 Å². The number of benzene rings is 1. The highest BCUT2D eigenvalue weighted by Gasteiger charge is 1.93. The third kappa shape index (κ3) is 3.46. The lowest BCUT2D eigenvalue weighted by molar-refractivity contribution is 0.158. The summed E-state index contributed by atoms with van der Waals surface area (Å²) >= 11 is 0. The molecule has 1 N–H and O–H groups in total. The highest BCUT2D eigenvalue weighted by Crippen LogP contribution is 2.08. The van der Waals surface area contributed by atoms with Crippen LogP contribution in [0.3, 0.4) is 0 Å². The van der Waals surface area contributed by atoms with Gasteiger partial charge in [-0.3, -0.25) is 0 Å². The Bertz CT molecular complexity index is 317. The molecule has 0 bridgehead atoms. The molecule has 0 fully saturated rings. The molecule has 0 radical (unpaired) electrons. The highest BCUT2D eigenvalue weighted by atomic mass is 16.5. The predicted molar refractivity (Wildman–Crippen MR) is 56.1 cm³/mol. The van der Waals surface area contributed by atoms with Crippen LogP contribution in [0.4, 0.5) is 5.69 Å². The fourth-order valence-electron chi connectivity index (χ4n) is 1.11. The van der Waals surface area contributed by atoms with Gasteiger partial charge in [0, 0.05) is 18.8 Å². The van der Waals surface area contributed by atoms with Gasteiger partial charge >= 0.3 is 0 Å². The van der Waals surface area contributed by atoms with Crippen molar-refractivity contribution in [2.75, 3.05) is 25.1 Å². The Kier molecular flexibility index (Phi) is 4.53. The number of anilines is 1. The molecule has 0 amide bonds. The first-order valence-electron chi connectivity index (χ1n) is 4.68. The van der Waals surface area contributed by atoms with Gasteiger partial charge in [0.1, 0.15) is 0 Å². The number of hydrogen-bond donors (Lipinski definition) is 1. The van der Waals surface area contributed by atoms with Crippen LogP contribution in [0.1, 0.15) is 12.5 Å². The average molecular weight is 190 g/mol. The molecule has 0 atom stereocenters. The van der Waals surface area contributed by atoms with Gasteiger partial charge in [-0.2, -0.15) is 5.26 Å². The minimum atomic E-state index is 0.673. The summed E-state index contributed by atoms with van der Waals surface area (Å²) in [7, 11) is 0. The Morgan fingerprint density at radius 3 is 3.07 bits per heavy atom. The molecular weight excluding hydrogens is 176 g/mol. The van der Waals surface area contributed by atoms with Crippen molar-refractivity contribution in [2.24, 2.45) is 0 Å². The Hall–Kier alpha value is -1.53. The molecule has 0 aliphatic heterocycles. The quantitative estimate of drug-likeness (QED) is 0.722. The van der Waals surface area contributed by atoms with Crippen LogP contribution >= 0.6 is 0 Å². The number of ether oxygens (including phenoxy) is 1. The molecule has 1 aromatic carbocycles. The molecule has 0 heterocycles. The standard InChI is InChI=1S/C11H14N2O/c1-2-14-7-6-13-11-5-3-4-10(8-11)9-12/h3-5,8,13H,2,6-7H2,1H3. The summed E-state index contributed by atoms with van der Waals surface area (Å²) in [6, 6.07) is 9.51. The molecule has 1 rings (SSSR count). The van der Waals surface area contributed by atoms with Crippen LogP contribution in [0.2, 0.25) is 0 Å². The van der Waals surface area contributed by atoms with Crippen molar-refractivity contribution >= 4 is 5.69 Å². The van der Waals surface area contributed by atoms with Gasteiger partial charge in [0.2, 0.25) is 0 Å². The van der Waals surface area contributed by atoms with Gasteiger partial charge in [-0.15, -0.1) is 0 Å². The second kappa shape index (κ2) is 6.01. The molecule has 0 spiro atoms. The van der Waals surface area contributed by atoms with Gasteiger partial charge in [-0.05, 0) is 25.1 Å². The van der Waals surface area contributed by atoms with Crippen molar-refractivity contribution in [3.05, 3.63) is 29.8 Å². The number of nitrogens with one attached hydrogen (secondary N) is 1. The molecule has 0 aliphatic carbocycles. The van der Waals surface area contributed by atoms with Gasteiger partial charge in [0.05, 0.1) is 18.2 Å². The number of hydrogen-bond acceptors (Lipinski definition) is 3. The Morgan fingerprint density at radius 1 is 1.50 bits per heavy atom. The second-order valence-corrected chi connectivity index (χ2v) is 2.82. The number of nitrogens with zero attached hydrogens (tertiary/aromatic N) is 1. The lowest BCUT2D eigenvalue weighted by Gasteiger charge is -2.05. The summed E-state index contributed by atoms with van der Waals surface area (Å²) in [4.78, 5) is 0. The van der Waals surface area contributed by atoms with E-state index in [2.05, 4.69) is 11.4 Å². The van der Waals surface area contributed by atoms with E-state index in [0.29, 0.717) is 12.2 Å². The molecule has 0 aliphatic rings. The number of nitriles is 1. The maximum Gasteiger partial charge on any atom is 0.0992 e. The van der Waals surface area contributed by atoms with E-state index in [1.807, 2.05) is 25.1 Å². The van der Waals surface area contributed by atoms with E-state index in [4.69, 9.17) is 10.00 Å². The Morgan fingerprint density at radius 2 is 2.36 bits per heavy atom. The van der Waals surface area contributed by atoms with E-state index in [0.717, 1.165) is 18.8 Å². The summed E-state index contributed by atoms with van der Waals surface area (Å²) < 4.78 is 5.18. The lowest BCUT2D eigenvalue weighted by Crippen LogP contribution is -2.08. The monoisotopic (exact) mass is 190 g/mol. The smallest absolute Gasteiger partial charge is 0.0992 e. The van der Waals surface area contributed by atoms with E-state index in [1.165, 1.54) is 0 Å². The van der Waals surface area contributed by atoms with Gasteiger partial charge < -0.3 is 10.1 Å². The summed E-state index contributed by atoms with van der Waals surface area (Å²) in [6.45, 7) is 4.16.